The van der Waals surface area contributed by atoms with Gasteiger partial charge in [-0.1, -0.05) is 6.92 Å². The Hall–Kier alpha value is -1.30. The fourth-order valence-electron chi connectivity index (χ4n) is 1.83. The van der Waals surface area contributed by atoms with Gasteiger partial charge in [0.25, 0.3) is 0 Å². The van der Waals surface area contributed by atoms with Crippen molar-refractivity contribution < 1.29 is 14.7 Å². The zero-order valence-electron chi connectivity index (χ0n) is 10.2. The van der Waals surface area contributed by atoms with Gasteiger partial charge >= 0.3 is 12.0 Å². The number of carboxylic acid groups (broad SMARTS) is 1. The summed E-state index contributed by atoms with van der Waals surface area (Å²) in [6.07, 6.45) is 2.33. The number of likely N-dealkylation sites (tertiary alicyclic amines) is 1. The van der Waals surface area contributed by atoms with Crippen LogP contribution < -0.4 is 11.1 Å². The first-order chi connectivity index (χ1) is 8.00. The second kappa shape index (κ2) is 6.44. The van der Waals surface area contributed by atoms with Crippen LogP contribution in [-0.2, 0) is 4.79 Å². The average molecular weight is 243 g/mol. The topological polar surface area (TPSA) is 95.7 Å². The number of nitrogens with zero attached hydrogens (tertiary/aromatic N) is 1. The summed E-state index contributed by atoms with van der Waals surface area (Å²) in [5.74, 6) is -1.27. The Balaban J connectivity index is 2.22. The number of piperidine rings is 1. The minimum Gasteiger partial charge on any atom is -0.481 e. The molecule has 1 rings (SSSR count). The molecular formula is C11H21N3O3. The third-order valence-electron chi connectivity index (χ3n) is 3.02. The molecule has 0 saturated carbocycles. The Kier molecular flexibility index (Phi) is 5.21. The van der Waals surface area contributed by atoms with Crippen LogP contribution in [0.15, 0.2) is 0 Å². The first-order valence-corrected chi connectivity index (χ1v) is 6.02. The molecule has 0 aromatic rings. The Morgan fingerprint density at radius 2 is 2.29 bits per heavy atom. The van der Waals surface area contributed by atoms with Crippen molar-refractivity contribution >= 4 is 12.0 Å². The summed E-state index contributed by atoms with van der Waals surface area (Å²) in [6.45, 7) is 3.33. The van der Waals surface area contributed by atoms with Crippen molar-refractivity contribution in [2.45, 2.75) is 32.2 Å². The number of carbonyl (C=O) groups is 2. The van der Waals surface area contributed by atoms with E-state index < -0.39 is 11.9 Å². The van der Waals surface area contributed by atoms with Crippen molar-refractivity contribution in [3.05, 3.63) is 0 Å². The van der Waals surface area contributed by atoms with Crippen LogP contribution in [0.4, 0.5) is 4.79 Å². The van der Waals surface area contributed by atoms with Gasteiger partial charge in [-0.05, 0) is 19.3 Å². The molecule has 0 spiro atoms. The summed E-state index contributed by atoms with van der Waals surface area (Å²) < 4.78 is 0. The lowest BCUT2D eigenvalue weighted by Gasteiger charge is -2.30. The molecule has 0 bridgehead atoms. The Bertz CT molecular complexity index is 283. The second-order valence-electron chi connectivity index (χ2n) is 4.61. The molecule has 0 aromatic heterocycles. The number of urea groups is 1. The molecule has 1 aliphatic heterocycles. The number of nitrogens with two attached hydrogens (primary N) is 1. The maximum Gasteiger partial charge on any atom is 0.317 e. The third kappa shape index (κ3) is 4.60. The fraction of sp³-hybridized carbons (Fsp3) is 0.818. The van der Waals surface area contributed by atoms with Crippen LogP contribution in [0.5, 0.6) is 0 Å². The summed E-state index contributed by atoms with van der Waals surface area (Å²) in [6, 6.07) is -0.0785. The SMILES string of the molecule is CC(CCNC(=O)N1CCCC(N)C1)C(=O)O. The summed E-state index contributed by atoms with van der Waals surface area (Å²) >= 11 is 0. The van der Waals surface area contributed by atoms with Gasteiger partial charge in [-0.15, -0.1) is 0 Å². The molecular weight excluding hydrogens is 222 g/mol. The number of hydrogen-bond donors (Lipinski definition) is 3. The fourth-order valence-corrected chi connectivity index (χ4v) is 1.83. The zero-order chi connectivity index (χ0) is 12.8. The van der Waals surface area contributed by atoms with Gasteiger partial charge in [-0.25, -0.2) is 4.79 Å². The van der Waals surface area contributed by atoms with Crippen molar-refractivity contribution in [2.24, 2.45) is 11.7 Å². The highest BCUT2D eigenvalue weighted by atomic mass is 16.4. The van der Waals surface area contributed by atoms with E-state index >= 15 is 0 Å². The molecule has 2 atom stereocenters. The highest BCUT2D eigenvalue weighted by Crippen LogP contribution is 2.08. The van der Waals surface area contributed by atoms with Gasteiger partial charge in [0.1, 0.15) is 0 Å². The standard InChI is InChI=1S/C11H21N3O3/c1-8(10(15)16)4-5-13-11(17)14-6-2-3-9(12)7-14/h8-9H,2-7,12H2,1H3,(H,13,17)(H,15,16). The predicted molar refractivity (Wildman–Crippen MR) is 63.6 cm³/mol. The van der Waals surface area contributed by atoms with E-state index in [1.807, 2.05) is 0 Å². The molecule has 17 heavy (non-hydrogen) atoms. The maximum absolute atomic E-state index is 11.7. The summed E-state index contributed by atoms with van der Waals surface area (Å²) in [4.78, 5) is 24.0. The molecule has 0 radical (unpaired) electrons. The molecule has 1 heterocycles. The molecule has 6 heteroatoms. The number of hydrogen-bond acceptors (Lipinski definition) is 3. The first kappa shape index (κ1) is 13.8. The third-order valence-corrected chi connectivity index (χ3v) is 3.02. The highest BCUT2D eigenvalue weighted by molar-refractivity contribution is 5.74. The van der Waals surface area contributed by atoms with E-state index in [0.717, 1.165) is 19.4 Å². The van der Waals surface area contributed by atoms with Crippen LogP contribution in [-0.4, -0.2) is 47.7 Å². The van der Waals surface area contributed by atoms with E-state index in [0.29, 0.717) is 19.5 Å². The van der Waals surface area contributed by atoms with Crippen LogP contribution >= 0.6 is 0 Å². The van der Waals surface area contributed by atoms with E-state index in [4.69, 9.17) is 10.8 Å². The summed E-state index contributed by atoms with van der Waals surface area (Å²) in [5, 5.41) is 11.4. The van der Waals surface area contributed by atoms with Gasteiger partial charge in [0.15, 0.2) is 0 Å². The predicted octanol–water partition coefficient (Wildman–Crippen LogP) is 0.230. The molecule has 4 N–H and O–H groups in total. The molecule has 98 valence electrons. The first-order valence-electron chi connectivity index (χ1n) is 6.02. The van der Waals surface area contributed by atoms with E-state index in [9.17, 15) is 9.59 Å². The number of nitrogens with one attached hydrogen (secondary N) is 1. The van der Waals surface area contributed by atoms with Crippen LogP contribution in [0.3, 0.4) is 0 Å². The molecule has 0 aromatic carbocycles. The Morgan fingerprint density at radius 3 is 2.88 bits per heavy atom. The number of aliphatic carboxylic acids is 1. The lowest BCUT2D eigenvalue weighted by atomic mass is 10.1. The molecule has 2 amide bonds. The molecule has 1 saturated heterocycles. The monoisotopic (exact) mass is 243 g/mol. The van der Waals surface area contributed by atoms with E-state index in [1.54, 1.807) is 11.8 Å². The lowest BCUT2D eigenvalue weighted by Crippen LogP contribution is -2.49. The minimum absolute atomic E-state index is 0.0624. The average Bonchev–Trinajstić information content (AvgIpc) is 2.28. The van der Waals surface area contributed by atoms with Crippen molar-refractivity contribution in [1.29, 1.82) is 0 Å². The highest BCUT2D eigenvalue weighted by Gasteiger charge is 2.21. The van der Waals surface area contributed by atoms with Crippen LogP contribution in [0.2, 0.25) is 0 Å². The molecule has 1 aliphatic rings. The van der Waals surface area contributed by atoms with Gasteiger partial charge in [0, 0.05) is 25.7 Å². The second-order valence-corrected chi connectivity index (χ2v) is 4.61. The smallest absolute Gasteiger partial charge is 0.317 e. The van der Waals surface area contributed by atoms with E-state index in [1.165, 1.54) is 0 Å². The summed E-state index contributed by atoms with van der Waals surface area (Å²) in [5.41, 5.74) is 5.78. The van der Waals surface area contributed by atoms with Gasteiger partial charge in [-0.2, -0.15) is 0 Å². The van der Waals surface area contributed by atoms with Crippen LogP contribution in [0.1, 0.15) is 26.2 Å². The number of carboxylic acids is 1. The lowest BCUT2D eigenvalue weighted by molar-refractivity contribution is -0.141. The van der Waals surface area contributed by atoms with Crippen LogP contribution in [0, 0.1) is 5.92 Å². The number of rotatable bonds is 4. The molecule has 1 fully saturated rings. The maximum atomic E-state index is 11.7. The largest absolute Gasteiger partial charge is 0.481 e. The van der Waals surface area contributed by atoms with Crippen molar-refractivity contribution in [2.75, 3.05) is 19.6 Å². The van der Waals surface area contributed by atoms with Crippen LogP contribution in [0.25, 0.3) is 0 Å². The van der Waals surface area contributed by atoms with Crippen molar-refractivity contribution in [3.8, 4) is 0 Å². The molecule has 6 nitrogen and oxygen atoms in total. The number of amides is 2. The Morgan fingerprint density at radius 1 is 1.59 bits per heavy atom. The zero-order valence-corrected chi connectivity index (χ0v) is 10.2. The Labute approximate surface area is 101 Å². The van der Waals surface area contributed by atoms with E-state index in [-0.39, 0.29) is 12.1 Å². The normalized spacial score (nSPS) is 22.0. The summed E-state index contributed by atoms with van der Waals surface area (Å²) in [7, 11) is 0. The van der Waals surface area contributed by atoms with Gasteiger partial charge in [0.2, 0.25) is 0 Å². The number of carbonyl (C=O) groups excluding carboxylic acids is 1. The van der Waals surface area contributed by atoms with Crippen molar-refractivity contribution in [1.82, 2.24) is 10.2 Å². The molecule has 2 unspecified atom stereocenters. The van der Waals surface area contributed by atoms with Gasteiger partial charge in [-0.3, -0.25) is 4.79 Å². The minimum atomic E-state index is -0.834. The van der Waals surface area contributed by atoms with Crippen molar-refractivity contribution in [3.63, 3.8) is 0 Å². The molecule has 0 aliphatic carbocycles. The quantitative estimate of drug-likeness (QED) is 0.658. The van der Waals surface area contributed by atoms with Gasteiger partial charge < -0.3 is 21.1 Å². The van der Waals surface area contributed by atoms with Gasteiger partial charge in [0.05, 0.1) is 5.92 Å². The van der Waals surface area contributed by atoms with E-state index in [2.05, 4.69) is 5.32 Å².